The van der Waals surface area contributed by atoms with Crippen molar-refractivity contribution in [2.24, 2.45) is 0 Å². The van der Waals surface area contributed by atoms with Crippen LogP contribution >= 0.6 is 11.6 Å². The highest BCUT2D eigenvalue weighted by Gasteiger charge is 2.30. The van der Waals surface area contributed by atoms with E-state index in [4.69, 9.17) is 11.6 Å². The molecule has 1 heterocycles. The van der Waals surface area contributed by atoms with Gasteiger partial charge in [0, 0.05) is 18.0 Å². The maximum atomic E-state index is 12.3. The summed E-state index contributed by atoms with van der Waals surface area (Å²) in [5.74, 6) is -0.139. The fraction of sp³-hybridized carbons (Fsp3) is 0.429. The Bertz CT molecular complexity index is 504. The smallest absolute Gasteiger partial charge is 0.245 e. The average Bonchev–Trinajstić information content (AvgIpc) is 2.49. The number of hydrogen-bond acceptors (Lipinski definition) is 2. The van der Waals surface area contributed by atoms with Crippen molar-refractivity contribution in [3.8, 4) is 0 Å². The molecule has 1 aliphatic rings. The molecule has 102 valence electrons. The Balaban J connectivity index is 2.24. The van der Waals surface area contributed by atoms with Gasteiger partial charge in [-0.1, -0.05) is 23.7 Å². The van der Waals surface area contributed by atoms with Crippen LogP contribution in [-0.4, -0.2) is 29.3 Å². The predicted octanol–water partition coefficient (Wildman–Crippen LogP) is 2.14. The molecule has 0 bridgehead atoms. The average molecular weight is 281 g/mol. The molecule has 1 aromatic carbocycles. The molecule has 1 fully saturated rings. The summed E-state index contributed by atoms with van der Waals surface area (Å²) in [6, 6.07) is 6.89. The number of hydrogen-bond donors (Lipinski definition) is 1. The van der Waals surface area contributed by atoms with Gasteiger partial charge in [-0.3, -0.25) is 9.59 Å². The van der Waals surface area contributed by atoms with Crippen LogP contribution < -0.4 is 5.32 Å². The number of amides is 2. The van der Waals surface area contributed by atoms with E-state index in [0.29, 0.717) is 18.0 Å². The SMILES string of the molecule is CC1NC(=O)CCN(C(C)c2cccc(Cl)c2)C1=O. The van der Waals surface area contributed by atoms with Crippen LogP contribution in [0.3, 0.4) is 0 Å². The molecule has 19 heavy (non-hydrogen) atoms. The first-order valence-corrected chi connectivity index (χ1v) is 6.72. The van der Waals surface area contributed by atoms with Gasteiger partial charge in [0.25, 0.3) is 0 Å². The fourth-order valence-electron chi connectivity index (χ4n) is 2.29. The molecular formula is C14H17ClN2O2. The molecule has 1 N–H and O–H groups in total. The third kappa shape index (κ3) is 3.07. The van der Waals surface area contributed by atoms with E-state index in [1.807, 2.05) is 25.1 Å². The zero-order chi connectivity index (χ0) is 14.0. The Morgan fingerprint density at radius 1 is 1.42 bits per heavy atom. The summed E-state index contributed by atoms with van der Waals surface area (Å²) in [5, 5.41) is 3.33. The zero-order valence-corrected chi connectivity index (χ0v) is 11.8. The molecule has 0 aromatic heterocycles. The van der Waals surface area contributed by atoms with Crippen molar-refractivity contribution in [2.75, 3.05) is 6.54 Å². The molecule has 0 aliphatic carbocycles. The summed E-state index contributed by atoms with van der Waals surface area (Å²) in [6.45, 7) is 4.10. The molecule has 2 unspecified atom stereocenters. The van der Waals surface area contributed by atoms with Gasteiger partial charge in [-0.05, 0) is 31.5 Å². The normalized spacial score (nSPS) is 21.8. The van der Waals surface area contributed by atoms with E-state index in [2.05, 4.69) is 5.32 Å². The van der Waals surface area contributed by atoms with Gasteiger partial charge >= 0.3 is 0 Å². The lowest BCUT2D eigenvalue weighted by Gasteiger charge is -2.29. The van der Waals surface area contributed by atoms with Gasteiger partial charge in [0.1, 0.15) is 6.04 Å². The maximum absolute atomic E-state index is 12.3. The minimum atomic E-state index is -0.475. The van der Waals surface area contributed by atoms with Crippen molar-refractivity contribution < 1.29 is 9.59 Å². The van der Waals surface area contributed by atoms with Crippen molar-refractivity contribution in [1.29, 1.82) is 0 Å². The van der Waals surface area contributed by atoms with E-state index in [1.54, 1.807) is 17.9 Å². The van der Waals surface area contributed by atoms with Gasteiger partial charge in [0.2, 0.25) is 11.8 Å². The highest BCUT2D eigenvalue weighted by atomic mass is 35.5. The summed E-state index contributed by atoms with van der Waals surface area (Å²) in [7, 11) is 0. The largest absolute Gasteiger partial charge is 0.345 e. The number of benzene rings is 1. The van der Waals surface area contributed by atoms with E-state index in [1.165, 1.54) is 0 Å². The second kappa shape index (κ2) is 5.61. The summed E-state index contributed by atoms with van der Waals surface area (Å²) in [6.07, 6.45) is 0.334. The van der Waals surface area contributed by atoms with Crippen molar-refractivity contribution in [3.05, 3.63) is 34.9 Å². The van der Waals surface area contributed by atoms with Gasteiger partial charge in [-0.2, -0.15) is 0 Å². The lowest BCUT2D eigenvalue weighted by molar-refractivity contribution is -0.134. The number of nitrogens with one attached hydrogen (secondary N) is 1. The molecule has 2 rings (SSSR count). The minimum absolute atomic E-state index is 0.0571. The van der Waals surface area contributed by atoms with Gasteiger partial charge in [-0.25, -0.2) is 0 Å². The standard InChI is InChI=1S/C14H17ClN2O2/c1-9-14(19)17(7-6-13(18)16-9)10(2)11-4-3-5-12(15)8-11/h3-5,8-10H,6-7H2,1-2H3,(H,16,18). The molecule has 0 spiro atoms. The van der Waals surface area contributed by atoms with Crippen LogP contribution in [0.4, 0.5) is 0 Å². The second-order valence-electron chi connectivity index (χ2n) is 4.80. The summed E-state index contributed by atoms with van der Waals surface area (Å²) in [4.78, 5) is 25.5. The van der Waals surface area contributed by atoms with Crippen molar-refractivity contribution in [2.45, 2.75) is 32.4 Å². The van der Waals surface area contributed by atoms with Crippen molar-refractivity contribution in [1.82, 2.24) is 10.2 Å². The Labute approximate surface area is 117 Å². The number of carbonyl (C=O) groups is 2. The monoisotopic (exact) mass is 280 g/mol. The van der Waals surface area contributed by atoms with Crippen LogP contribution in [0, 0.1) is 0 Å². The van der Waals surface area contributed by atoms with Gasteiger partial charge < -0.3 is 10.2 Å². The molecular weight excluding hydrogens is 264 g/mol. The highest BCUT2D eigenvalue weighted by molar-refractivity contribution is 6.30. The first kappa shape index (κ1) is 13.9. The van der Waals surface area contributed by atoms with Gasteiger partial charge in [0.05, 0.1) is 6.04 Å². The molecule has 2 atom stereocenters. The minimum Gasteiger partial charge on any atom is -0.345 e. The van der Waals surface area contributed by atoms with Crippen LogP contribution in [-0.2, 0) is 9.59 Å². The van der Waals surface area contributed by atoms with Crippen LogP contribution in [0.2, 0.25) is 5.02 Å². The lowest BCUT2D eigenvalue weighted by Crippen LogP contribution is -2.43. The maximum Gasteiger partial charge on any atom is 0.245 e. The summed E-state index contributed by atoms with van der Waals surface area (Å²) in [5.41, 5.74) is 0.974. The van der Waals surface area contributed by atoms with E-state index >= 15 is 0 Å². The third-order valence-corrected chi connectivity index (χ3v) is 3.64. The zero-order valence-electron chi connectivity index (χ0n) is 11.0. The number of nitrogens with zero attached hydrogens (tertiary/aromatic N) is 1. The van der Waals surface area contributed by atoms with Crippen molar-refractivity contribution in [3.63, 3.8) is 0 Å². The van der Waals surface area contributed by atoms with Crippen LogP contribution in [0.25, 0.3) is 0 Å². The van der Waals surface area contributed by atoms with Crippen LogP contribution in [0.5, 0.6) is 0 Å². The molecule has 2 amide bonds. The van der Waals surface area contributed by atoms with E-state index in [0.717, 1.165) is 5.56 Å². The summed E-state index contributed by atoms with van der Waals surface area (Å²) >= 11 is 5.98. The molecule has 5 heteroatoms. The Hall–Kier alpha value is -1.55. The molecule has 0 radical (unpaired) electrons. The number of rotatable bonds is 2. The second-order valence-corrected chi connectivity index (χ2v) is 5.24. The predicted molar refractivity (Wildman–Crippen MR) is 73.8 cm³/mol. The molecule has 4 nitrogen and oxygen atoms in total. The Morgan fingerprint density at radius 2 is 2.16 bits per heavy atom. The van der Waals surface area contributed by atoms with Crippen LogP contribution in [0.15, 0.2) is 24.3 Å². The Morgan fingerprint density at radius 3 is 2.84 bits per heavy atom. The van der Waals surface area contributed by atoms with E-state index in [-0.39, 0.29) is 17.9 Å². The topological polar surface area (TPSA) is 49.4 Å². The molecule has 1 saturated heterocycles. The Kier molecular flexibility index (Phi) is 4.10. The molecule has 1 aromatic rings. The fourth-order valence-corrected chi connectivity index (χ4v) is 2.49. The first-order chi connectivity index (χ1) is 8.99. The molecule has 0 saturated carbocycles. The quantitative estimate of drug-likeness (QED) is 0.902. The van der Waals surface area contributed by atoms with Gasteiger partial charge in [-0.15, -0.1) is 0 Å². The van der Waals surface area contributed by atoms with E-state index < -0.39 is 6.04 Å². The first-order valence-electron chi connectivity index (χ1n) is 6.34. The van der Waals surface area contributed by atoms with Crippen LogP contribution in [0.1, 0.15) is 31.9 Å². The van der Waals surface area contributed by atoms with E-state index in [9.17, 15) is 9.59 Å². The van der Waals surface area contributed by atoms with Crippen molar-refractivity contribution >= 4 is 23.4 Å². The van der Waals surface area contributed by atoms with Gasteiger partial charge in [0.15, 0.2) is 0 Å². The third-order valence-electron chi connectivity index (χ3n) is 3.41. The summed E-state index contributed by atoms with van der Waals surface area (Å²) < 4.78 is 0. The lowest BCUT2D eigenvalue weighted by atomic mass is 10.1. The number of halogens is 1. The number of carbonyl (C=O) groups excluding carboxylic acids is 2. The highest BCUT2D eigenvalue weighted by Crippen LogP contribution is 2.24. The molecule has 1 aliphatic heterocycles.